The molecule has 0 radical (unpaired) electrons. The molecule has 8 rings (SSSR count). The van der Waals surface area contributed by atoms with Crippen LogP contribution in [0, 0.1) is 34.6 Å². The van der Waals surface area contributed by atoms with Crippen molar-refractivity contribution in [1.82, 2.24) is 0 Å². The number of nitrogens with one attached hydrogen (secondary N) is 1. The Bertz CT molecular complexity index is 4550. The van der Waals surface area contributed by atoms with Gasteiger partial charge >= 0.3 is 0 Å². The Balaban J connectivity index is 1.01. The number of benzene rings is 8. The molecule has 8 aromatic rings. The largest absolute Gasteiger partial charge is 0.505 e. The van der Waals surface area contributed by atoms with Crippen LogP contribution < -0.4 is 25.3 Å². The number of ether oxygens (including phenoxy) is 3. The fourth-order valence-electron chi connectivity index (χ4n) is 8.38. The van der Waals surface area contributed by atoms with E-state index >= 15 is 0 Å². The van der Waals surface area contributed by atoms with Gasteiger partial charge in [0, 0.05) is 34.3 Å². The van der Waals surface area contributed by atoms with Crippen LogP contribution in [-0.2, 0) is 40.5 Å². The van der Waals surface area contributed by atoms with E-state index in [1.165, 1.54) is 12.1 Å². The van der Waals surface area contributed by atoms with Gasteiger partial charge in [-0.1, -0.05) is 6.07 Å². The fraction of sp³-hybridized carbons (Fsp3) is 0.214. The van der Waals surface area contributed by atoms with Crippen molar-refractivity contribution in [2.75, 3.05) is 42.5 Å². The summed E-state index contributed by atoms with van der Waals surface area (Å²) in [6.45, 7) is 8.41. The molecule has 0 aliphatic rings. The van der Waals surface area contributed by atoms with Crippen LogP contribution in [0.4, 0.5) is 56.9 Å². The van der Waals surface area contributed by atoms with Gasteiger partial charge in [0.25, 0.3) is 40.5 Å². The summed E-state index contributed by atoms with van der Waals surface area (Å²) in [7, 11) is -18.1. The van der Waals surface area contributed by atoms with Gasteiger partial charge in [0.05, 0.1) is 63.7 Å². The molecule has 450 valence electrons. The van der Waals surface area contributed by atoms with Crippen LogP contribution in [0.2, 0.25) is 0 Å². The molecular formula is C56H56N10O16S4. The summed E-state index contributed by atoms with van der Waals surface area (Å²) in [5.41, 5.74) is 11.8. The Morgan fingerprint density at radius 1 is 0.465 bits per heavy atom. The van der Waals surface area contributed by atoms with Crippen molar-refractivity contribution < 1.29 is 71.2 Å². The first-order valence-electron chi connectivity index (χ1n) is 25.7. The Labute approximate surface area is 494 Å². The third-order valence-corrected chi connectivity index (χ3v) is 16.2. The standard InChI is InChI=1S/C56H56N10O16S4/c1-32-21-47(33(2)20-46(32)60-59-41-11-8-37-26-43(85(74,75)76)29-52(45(37)28-41)80-16-6-18-83(68,69)70)61-63-50-30-53(81-17-7-19-84(71,72)73)51(24-36(50)5)65-62-48-22-35(4)49(23-34(48)3)64-66-55-54(86(77,78)79)27-38-25-40(12-15-44(38)56(55)67)58-31-82-42-13-9-39(57)10-14-42/h8-15,20-30,58,67H,6-7,16-19,31,57H2,1-5H3,(H,68,69,70)(H,71,72,73)(H,74,75,76)(H,77,78,79). The van der Waals surface area contributed by atoms with Crippen LogP contribution in [0.25, 0.3) is 21.5 Å². The molecule has 0 bridgehead atoms. The molecule has 0 aliphatic heterocycles. The first-order chi connectivity index (χ1) is 40.5. The SMILES string of the molecule is Cc1cc(N=Nc2cc(OCCCS(=O)(=O)O)c(N=Nc3cc(C)c(N=Nc4c(S(=O)(=O)O)cc5cc(NCOc6ccc(N)cc6)ccc5c4O)cc3C)cc2C)c(C)cc1N=Nc1ccc2cc(S(=O)(=O)O)cc(OCCCS(=O)(=O)O)c2c1. The van der Waals surface area contributed by atoms with Gasteiger partial charge in [0.2, 0.25) is 0 Å². The fourth-order valence-corrected chi connectivity index (χ4v) is 10.5. The highest BCUT2D eigenvalue weighted by molar-refractivity contribution is 7.86. The van der Waals surface area contributed by atoms with E-state index in [1.807, 2.05) is 0 Å². The van der Waals surface area contributed by atoms with Crippen LogP contribution in [0.15, 0.2) is 166 Å². The molecule has 0 aromatic heterocycles. The van der Waals surface area contributed by atoms with Crippen molar-refractivity contribution >= 4 is 119 Å². The highest BCUT2D eigenvalue weighted by Gasteiger charge is 2.23. The van der Waals surface area contributed by atoms with Crippen molar-refractivity contribution in [3.63, 3.8) is 0 Å². The molecule has 0 unspecified atom stereocenters. The number of phenols is 1. The summed E-state index contributed by atoms with van der Waals surface area (Å²) in [5.74, 6) is -0.985. The number of azo groups is 4. The zero-order chi connectivity index (χ0) is 62.3. The van der Waals surface area contributed by atoms with E-state index < -0.39 is 73.2 Å². The van der Waals surface area contributed by atoms with E-state index in [9.17, 15) is 52.4 Å². The van der Waals surface area contributed by atoms with Crippen molar-refractivity contribution in [1.29, 1.82) is 0 Å². The number of hydrogen-bond donors (Lipinski definition) is 7. The lowest BCUT2D eigenvalue weighted by Gasteiger charge is -2.12. The molecule has 8 aromatic carbocycles. The van der Waals surface area contributed by atoms with Crippen molar-refractivity contribution in [3.05, 3.63) is 143 Å². The van der Waals surface area contributed by atoms with Gasteiger partial charge in [-0.25, -0.2) is 0 Å². The van der Waals surface area contributed by atoms with Gasteiger partial charge in [0.1, 0.15) is 33.5 Å². The lowest BCUT2D eigenvalue weighted by Crippen LogP contribution is -2.09. The van der Waals surface area contributed by atoms with Gasteiger partial charge in [-0.15, -0.1) is 10.2 Å². The minimum atomic E-state index is -4.94. The molecule has 0 saturated carbocycles. The predicted molar refractivity (Wildman–Crippen MR) is 322 cm³/mol. The number of phenolic OH excluding ortho intramolecular Hbond substituents is 1. The minimum Gasteiger partial charge on any atom is -0.505 e. The number of aromatic hydroxyl groups is 1. The second kappa shape index (κ2) is 26.2. The van der Waals surface area contributed by atoms with E-state index in [0.717, 1.165) is 6.07 Å². The number of hydrogen-bond acceptors (Lipinski definition) is 22. The molecule has 86 heavy (non-hydrogen) atoms. The highest BCUT2D eigenvalue weighted by atomic mass is 32.2. The maximum Gasteiger partial charge on any atom is 0.296 e. The molecule has 0 heterocycles. The summed E-state index contributed by atoms with van der Waals surface area (Å²) < 4.78 is 151. The molecule has 26 nitrogen and oxygen atoms in total. The number of aryl methyl sites for hydroxylation is 5. The summed E-state index contributed by atoms with van der Waals surface area (Å²) in [4.78, 5) is -1.14. The van der Waals surface area contributed by atoms with Crippen molar-refractivity contribution in [3.8, 4) is 23.0 Å². The summed E-state index contributed by atoms with van der Waals surface area (Å²) in [6, 6.07) is 29.6. The number of nitrogen functional groups attached to an aromatic ring is 1. The normalized spacial score (nSPS) is 12.6. The average molecular weight is 1250 g/mol. The third kappa shape index (κ3) is 16.7. The summed E-state index contributed by atoms with van der Waals surface area (Å²) in [6.07, 6.45) is -0.180. The van der Waals surface area contributed by atoms with Gasteiger partial charge in [-0.2, -0.15) is 64.4 Å². The molecular weight excluding hydrogens is 1200 g/mol. The van der Waals surface area contributed by atoms with E-state index in [0.29, 0.717) is 84.2 Å². The molecule has 0 fully saturated rings. The van der Waals surface area contributed by atoms with E-state index in [4.69, 9.17) is 24.5 Å². The smallest absolute Gasteiger partial charge is 0.296 e. The van der Waals surface area contributed by atoms with Gasteiger partial charge in [-0.3, -0.25) is 18.2 Å². The Kier molecular flexibility index (Phi) is 19.2. The van der Waals surface area contributed by atoms with Gasteiger partial charge in [0.15, 0.2) is 12.5 Å². The molecule has 0 atom stereocenters. The number of rotatable bonds is 24. The maximum atomic E-state index is 12.7. The third-order valence-electron chi connectivity index (χ3n) is 12.9. The van der Waals surface area contributed by atoms with E-state index in [1.54, 1.807) is 132 Å². The first-order valence-corrected chi connectivity index (χ1v) is 31.8. The predicted octanol–water partition coefficient (Wildman–Crippen LogP) is 13.7. The molecule has 0 aliphatic carbocycles. The van der Waals surface area contributed by atoms with Crippen LogP contribution in [0.3, 0.4) is 0 Å². The van der Waals surface area contributed by atoms with E-state index in [2.05, 4.69) is 46.2 Å². The maximum absolute atomic E-state index is 12.7. The average Bonchev–Trinajstić information content (AvgIpc) is 2.72. The topological polar surface area (TPSA) is 402 Å². The van der Waals surface area contributed by atoms with Crippen molar-refractivity contribution in [2.45, 2.75) is 57.3 Å². The van der Waals surface area contributed by atoms with Crippen molar-refractivity contribution in [2.24, 2.45) is 40.9 Å². The van der Waals surface area contributed by atoms with Gasteiger partial charge < -0.3 is 30.4 Å². The van der Waals surface area contributed by atoms with Crippen LogP contribution in [0.1, 0.15) is 40.7 Å². The molecule has 0 amide bonds. The lowest BCUT2D eigenvalue weighted by atomic mass is 10.1. The quantitative estimate of drug-likeness (QED) is 0.00971. The summed E-state index contributed by atoms with van der Waals surface area (Å²) in [5, 5.41) is 50.8. The number of anilines is 2. The second-order valence-corrected chi connectivity index (χ2v) is 25.5. The van der Waals surface area contributed by atoms with Crippen LogP contribution >= 0.6 is 0 Å². The van der Waals surface area contributed by atoms with Gasteiger partial charge in [-0.05, 0) is 183 Å². The van der Waals surface area contributed by atoms with Crippen LogP contribution in [-0.4, -0.2) is 88.4 Å². The monoisotopic (exact) mass is 1250 g/mol. The van der Waals surface area contributed by atoms with E-state index in [-0.39, 0.29) is 66.4 Å². The molecule has 0 saturated heterocycles. The first kappa shape index (κ1) is 63.1. The molecule has 0 spiro atoms. The molecule has 8 N–H and O–H groups in total. The summed E-state index contributed by atoms with van der Waals surface area (Å²) >= 11 is 0. The van der Waals surface area contributed by atoms with Crippen LogP contribution in [0.5, 0.6) is 23.0 Å². The minimum absolute atomic E-state index is 0.0129. The zero-order valence-corrected chi connectivity index (χ0v) is 49.7. The number of nitrogens with zero attached hydrogens (tertiary/aromatic N) is 8. The molecule has 30 heteroatoms. The zero-order valence-electron chi connectivity index (χ0n) is 46.4. The Morgan fingerprint density at radius 2 is 0.965 bits per heavy atom. The lowest BCUT2D eigenvalue weighted by molar-refractivity contribution is 0.317. The highest BCUT2D eigenvalue weighted by Crippen LogP contribution is 2.44. The number of fused-ring (bicyclic) bond motifs is 2. The second-order valence-electron chi connectivity index (χ2n) is 19.6. The Morgan fingerprint density at radius 3 is 1.50 bits per heavy atom. The Hall–Kier alpha value is -8.88. The number of nitrogens with two attached hydrogens (primary N) is 1.